The van der Waals surface area contributed by atoms with Crippen molar-refractivity contribution in [3.05, 3.63) is 70.3 Å². The van der Waals surface area contributed by atoms with Gasteiger partial charge in [0.1, 0.15) is 0 Å². The molecule has 3 rings (SSSR count). The lowest BCUT2D eigenvalue weighted by Gasteiger charge is -2.21. The Bertz CT molecular complexity index is 886. The van der Waals surface area contributed by atoms with Crippen LogP contribution in [-0.2, 0) is 16.0 Å². The van der Waals surface area contributed by atoms with Gasteiger partial charge in [0.25, 0.3) is 0 Å². The van der Waals surface area contributed by atoms with Crippen molar-refractivity contribution in [2.24, 2.45) is 0 Å². The fraction of sp³-hybridized carbons (Fsp3) is 0.375. The van der Waals surface area contributed by atoms with Gasteiger partial charge < -0.3 is 9.84 Å². The molecule has 2 aromatic carbocycles. The molecule has 0 radical (unpaired) electrons. The maximum Gasteiger partial charge on any atom is 0.307 e. The topological polar surface area (TPSA) is 46.5 Å². The van der Waals surface area contributed by atoms with Crippen LogP contribution in [0.3, 0.4) is 0 Å². The van der Waals surface area contributed by atoms with Crippen LogP contribution in [0.1, 0.15) is 66.5 Å². The van der Waals surface area contributed by atoms with Gasteiger partial charge in [0.15, 0.2) is 0 Å². The number of rotatable bonds is 7. The number of aliphatic carboxylic acids is 1. The van der Waals surface area contributed by atoms with Crippen LogP contribution in [0, 0.1) is 11.8 Å². The molecule has 2 aromatic rings. The van der Waals surface area contributed by atoms with E-state index in [-0.39, 0.29) is 12.5 Å². The van der Waals surface area contributed by atoms with Crippen molar-refractivity contribution in [3.8, 4) is 11.8 Å². The van der Waals surface area contributed by atoms with E-state index in [1.165, 1.54) is 24.0 Å². The summed E-state index contributed by atoms with van der Waals surface area (Å²) in [4.78, 5) is 10.8. The van der Waals surface area contributed by atoms with Crippen LogP contribution in [0.25, 0.3) is 0 Å². The first-order valence-electron chi connectivity index (χ1n) is 9.64. The van der Waals surface area contributed by atoms with Gasteiger partial charge in [0.2, 0.25) is 0 Å². The molecule has 0 heterocycles. The Morgan fingerprint density at radius 2 is 1.75 bits per heavy atom. The van der Waals surface area contributed by atoms with Crippen LogP contribution in [0.2, 0.25) is 0 Å². The zero-order valence-electron chi connectivity index (χ0n) is 16.2. The van der Waals surface area contributed by atoms with Crippen molar-refractivity contribution in [1.82, 2.24) is 0 Å². The quantitative estimate of drug-likeness (QED) is 0.319. The lowest BCUT2D eigenvalue weighted by Crippen LogP contribution is -2.11. The third kappa shape index (κ3) is 5.83. The van der Waals surface area contributed by atoms with Crippen LogP contribution >= 0.6 is 22.6 Å². The van der Waals surface area contributed by atoms with Crippen LogP contribution in [0.4, 0.5) is 0 Å². The van der Waals surface area contributed by atoms with Crippen LogP contribution in [-0.4, -0.2) is 21.6 Å². The molecule has 1 aliphatic carbocycles. The molecule has 28 heavy (non-hydrogen) atoms. The molecule has 1 aliphatic rings. The number of ether oxygens (including phenoxy) is 1. The van der Waals surface area contributed by atoms with Gasteiger partial charge in [-0.3, -0.25) is 4.79 Å². The van der Waals surface area contributed by atoms with E-state index in [0.29, 0.717) is 12.0 Å². The Morgan fingerprint density at radius 1 is 1.11 bits per heavy atom. The van der Waals surface area contributed by atoms with Crippen molar-refractivity contribution in [2.75, 3.05) is 4.43 Å². The van der Waals surface area contributed by atoms with Crippen LogP contribution in [0.15, 0.2) is 42.5 Å². The second-order valence-corrected chi connectivity index (χ2v) is 8.38. The summed E-state index contributed by atoms with van der Waals surface area (Å²) in [5.74, 6) is 6.01. The summed E-state index contributed by atoms with van der Waals surface area (Å²) >= 11 is 2.41. The standard InChI is InChI=1S/C24H25IO3/c1-16(2)22-13-18(9-12-21(22)23(15-25)28-20-10-11-20)6-3-17-4-7-19(8-5-17)14-24(26)27/h4-5,7-9,12-13,16,20,23H,10-11,14-15H2,1-2H3,(H,26,27). The number of halogens is 1. The van der Waals surface area contributed by atoms with Gasteiger partial charge in [-0.05, 0) is 59.7 Å². The molecule has 1 N–H and O–H groups in total. The van der Waals surface area contributed by atoms with Gasteiger partial charge in [-0.25, -0.2) is 0 Å². The molecular weight excluding hydrogens is 463 g/mol. The largest absolute Gasteiger partial charge is 0.481 e. The van der Waals surface area contributed by atoms with E-state index in [9.17, 15) is 4.79 Å². The first-order chi connectivity index (χ1) is 13.5. The second-order valence-electron chi connectivity index (χ2n) is 7.49. The van der Waals surface area contributed by atoms with E-state index in [1.54, 1.807) is 0 Å². The molecule has 1 saturated carbocycles. The van der Waals surface area contributed by atoms with Gasteiger partial charge >= 0.3 is 5.97 Å². The van der Waals surface area contributed by atoms with Crippen molar-refractivity contribution < 1.29 is 14.6 Å². The SMILES string of the molecule is CC(C)c1cc(C#Cc2ccc(CC(=O)O)cc2)ccc1C(CI)OC1CC1. The zero-order chi connectivity index (χ0) is 20.1. The molecule has 1 unspecified atom stereocenters. The second kappa shape index (κ2) is 9.58. The summed E-state index contributed by atoms with van der Waals surface area (Å²) in [7, 11) is 0. The lowest BCUT2D eigenvalue weighted by atomic mass is 9.92. The maximum absolute atomic E-state index is 10.8. The molecule has 0 amide bonds. The van der Waals surface area contributed by atoms with E-state index in [4.69, 9.17) is 9.84 Å². The van der Waals surface area contributed by atoms with E-state index in [2.05, 4.69) is 66.5 Å². The summed E-state index contributed by atoms with van der Waals surface area (Å²) in [6.07, 6.45) is 2.98. The monoisotopic (exact) mass is 488 g/mol. The molecule has 0 spiro atoms. The number of carbonyl (C=O) groups is 1. The molecule has 3 nitrogen and oxygen atoms in total. The molecule has 0 aromatic heterocycles. The number of hydrogen-bond acceptors (Lipinski definition) is 2. The van der Waals surface area contributed by atoms with Crippen molar-refractivity contribution in [1.29, 1.82) is 0 Å². The zero-order valence-corrected chi connectivity index (χ0v) is 18.4. The van der Waals surface area contributed by atoms with Gasteiger partial charge in [-0.1, -0.05) is 66.5 Å². The van der Waals surface area contributed by atoms with Crippen molar-refractivity contribution in [3.63, 3.8) is 0 Å². The van der Waals surface area contributed by atoms with Crippen molar-refractivity contribution >= 4 is 28.6 Å². The third-order valence-electron chi connectivity index (χ3n) is 4.74. The minimum absolute atomic E-state index is 0.0355. The van der Waals surface area contributed by atoms with E-state index in [1.807, 2.05) is 24.3 Å². The predicted octanol–water partition coefficient (Wildman–Crippen LogP) is 5.49. The molecule has 1 fully saturated rings. The molecule has 0 saturated heterocycles. The smallest absolute Gasteiger partial charge is 0.307 e. The first kappa shape index (κ1) is 20.9. The van der Waals surface area contributed by atoms with Crippen molar-refractivity contribution in [2.45, 2.75) is 51.2 Å². The molecule has 0 bridgehead atoms. The minimum Gasteiger partial charge on any atom is -0.481 e. The van der Waals surface area contributed by atoms with E-state index < -0.39 is 5.97 Å². The number of benzene rings is 2. The Kier molecular flexibility index (Phi) is 7.14. The van der Waals surface area contributed by atoms with Gasteiger partial charge in [-0.2, -0.15) is 0 Å². The predicted molar refractivity (Wildman–Crippen MR) is 120 cm³/mol. The van der Waals surface area contributed by atoms with Gasteiger partial charge in [0.05, 0.1) is 18.6 Å². The molecule has 4 heteroatoms. The number of carboxylic acid groups (broad SMARTS) is 1. The summed E-state index contributed by atoms with van der Waals surface area (Å²) in [6.45, 7) is 4.41. The first-order valence-corrected chi connectivity index (χ1v) is 11.2. The fourth-order valence-corrected chi connectivity index (χ4v) is 3.78. The highest BCUT2D eigenvalue weighted by atomic mass is 127. The molecule has 0 aliphatic heterocycles. The third-order valence-corrected chi connectivity index (χ3v) is 5.54. The Balaban J connectivity index is 1.80. The molecular formula is C24H25IO3. The minimum atomic E-state index is -0.824. The number of carboxylic acids is 1. The van der Waals surface area contributed by atoms with E-state index >= 15 is 0 Å². The molecule has 1 atom stereocenters. The lowest BCUT2D eigenvalue weighted by molar-refractivity contribution is -0.136. The summed E-state index contributed by atoms with van der Waals surface area (Å²) in [5, 5.41) is 8.85. The Hall–Kier alpha value is -1.84. The fourth-order valence-electron chi connectivity index (χ4n) is 3.10. The molecule has 146 valence electrons. The highest BCUT2D eigenvalue weighted by molar-refractivity contribution is 14.1. The Morgan fingerprint density at radius 3 is 2.32 bits per heavy atom. The highest BCUT2D eigenvalue weighted by Crippen LogP contribution is 2.35. The number of hydrogen-bond donors (Lipinski definition) is 1. The van der Waals surface area contributed by atoms with Gasteiger partial charge in [-0.15, -0.1) is 0 Å². The average molecular weight is 488 g/mol. The van der Waals surface area contributed by atoms with Crippen LogP contribution in [0.5, 0.6) is 0 Å². The number of alkyl halides is 1. The average Bonchev–Trinajstić information content (AvgIpc) is 3.49. The summed E-state index contributed by atoms with van der Waals surface area (Å²) < 4.78 is 7.16. The normalized spacial score (nSPS) is 14.4. The van der Waals surface area contributed by atoms with Crippen LogP contribution < -0.4 is 0 Å². The maximum atomic E-state index is 10.8. The summed E-state index contributed by atoms with van der Waals surface area (Å²) in [5.41, 5.74) is 5.23. The summed E-state index contributed by atoms with van der Waals surface area (Å²) in [6, 6.07) is 13.8. The Labute approximate surface area is 180 Å². The van der Waals surface area contributed by atoms with Gasteiger partial charge in [0, 0.05) is 15.6 Å². The highest BCUT2D eigenvalue weighted by Gasteiger charge is 2.28. The van der Waals surface area contributed by atoms with E-state index in [0.717, 1.165) is 21.1 Å².